The van der Waals surface area contributed by atoms with Crippen molar-refractivity contribution < 1.29 is 9.59 Å². The number of carbonyl (C=O) groups is 2. The van der Waals surface area contributed by atoms with Crippen LogP contribution < -0.4 is 16.8 Å². The second kappa shape index (κ2) is 8.76. The number of nitrogens with one attached hydrogen (secondary N) is 1. The van der Waals surface area contributed by atoms with Crippen LogP contribution in [0, 0.1) is 5.92 Å². The Bertz CT molecular complexity index is 505. The van der Waals surface area contributed by atoms with Crippen molar-refractivity contribution in [1.29, 1.82) is 0 Å². The summed E-state index contributed by atoms with van der Waals surface area (Å²) in [6, 6.07) is 7.32. The average molecular weight is 326 g/mol. The van der Waals surface area contributed by atoms with Crippen LogP contribution in [0.4, 0.5) is 5.69 Å². The molecule has 6 heteroatoms. The van der Waals surface area contributed by atoms with Gasteiger partial charge in [0.2, 0.25) is 11.8 Å². The topological polar surface area (TPSA) is 98.2 Å². The standard InChI is InChI=1S/C16H23N3O2.ClH/c17-14-4-2-1-3-12(14)10-16(21)19-13-7-5-11(6-8-13)9-15(18)20;/h5-8,12,14H,1-4,9-10,17H2,(H2,18,20)(H,19,21);1H. The van der Waals surface area contributed by atoms with E-state index in [1.807, 2.05) is 0 Å². The first kappa shape index (κ1) is 18.5. The molecule has 2 atom stereocenters. The zero-order valence-corrected chi connectivity index (χ0v) is 13.4. The Hall–Kier alpha value is -1.59. The van der Waals surface area contributed by atoms with E-state index >= 15 is 0 Å². The Balaban J connectivity index is 0.00000242. The van der Waals surface area contributed by atoms with Crippen LogP contribution in [-0.4, -0.2) is 17.9 Å². The van der Waals surface area contributed by atoms with Gasteiger partial charge in [0.1, 0.15) is 0 Å². The summed E-state index contributed by atoms with van der Waals surface area (Å²) in [6.45, 7) is 0. The SMILES string of the molecule is Cl.NC(=O)Cc1ccc(NC(=O)CC2CCCCC2N)cc1. The van der Waals surface area contributed by atoms with E-state index in [0.717, 1.165) is 30.5 Å². The molecule has 22 heavy (non-hydrogen) atoms. The molecule has 0 heterocycles. The average Bonchev–Trinajstić information content (AvgIpc) is 2.43. The van der Waals surface area contributed by atoms with Crippen LogP contribution in [0.15, 0.2) is 24.3 Å². The Morgan fingerprint density at radius 2 is 1.77 bits per heavy atom. The molecule has 5 nitrogen and oxygen atoms in total. The molecular formula is C16H24ClN3O2. The van der Waals surface area contributed by atoms with Gasteiger partial charge in [-0.2, -0.15) is 0 Å². The molecule has 0 spiro atoms. The molecule has 0 aliphatic heterocycles. The van der Waals surface area contributed by atoms with Crippen LogP contribution in [0.2, 0.25) is 0 Å². The summed E-state index contributed by atoms with van der Waals surface area (Å²) in [7, 11) is 0. The summed E-state index contributed by atoms with van der Waals surface area (Å²) >= 11 is 0. The first-order valence-corrected chi connectivity index (χ1v) is 7.47. The highest BCUT2D eigenvalue weighted by Gasteiger charge is 2.24. The highest BCUT2D eigenvalue weighted by molar-refractivity contribution is 5.91. The first-order valence-electron chi connectivity index (χ1n) is 7.47. The van der Waals surface area contributed by atoms with Gasteiger partial charge in [-0.05, 0) is 36.5 Å². The number of rotatable bonds is 5. The van der Waals surface area contributed by atoms with Gasteiger partial charge in [-0.15, -0.1) is 12.4 Å². The van der Waals surface area contributed by atoms with Crippen molar-refractivity contribution in [1.82, 2.24) is 0 Å². The van der Waals surface area contributed by atoms with Gasteiger partial charge in [0.05, 0.1) is 6.42 Å². The fraction of sp³-hybridized carbons (Fsp3) is 0.500. The van der Waals surface area contributed by atoms with Gasteiger partial charge in [-0.25, -0.2) is 0 Å². The van der Waals surface area contributed by atoms with E-state index in [1.165, 1.54) is 6.42 Å². The highest BCUT2D eigenvalue weighted by Crippen LogP contribution is 2.26. The molecule has 0 aromatic heterocycles. The quantitative estimate of drug-likeness (QED) is 0.772. The Kier molecular flexibility index (Phi) is 7.35. The Morgan fingerprint density at radius 1 is 1.14 bits per heavy atom. The van der Waals surface area contributed by atoms with E-state index in [4.69, 9.17) is 11.5 Å². The molecule has 1 aromatic rings. The molecule has 2 rings (SSSR count). The van der Waals surface area contributed by atoms with Crippen LogP contribution in [0.3, 0.4) is 0 Å². The number of halogens is 1. The smallest absolute Gasteiger partial charge is 0.224 e. The lowest BCUT2D eigenvalue weighted by Crippen LogP contribution is -2.35. The van der Waals surface area contributed by atoms with E-state index in [2.05, 4.69) is 5.32 Å². The van der Waals surface area contributed by atoms with Crippen molar-refractivity contribution in [3.05, 3.63) is 29.8 Å². The molecule has 0 saturated heterocycles. The number of amides is 2. The Morgan fingerprint density at radius 3 is 2.36 bits per heavy atom. The lowest BCUT2D eigenvalue weighted by Gasteiger charge is -2.27. The number of nitrogens with two attached hydrogens (primary N) is 2. The lowest BCUT2D eigenvalue weighted by molar-refractivity contribution is -0.118. The number of hydrogen-bond acceptors (Lipinski definition) is 3. The highest BCUT2D eigenvalue weighted by atomic mass is 35.5. The van der Waals surface area contributed by atoms with Gasteiger partial charge >= 0.3 is 0 Å². The number of benzene rings is 1. The zero-order valence-electron chi connectivity index (χ0n) is 12.6. The number of anilines is 1. The van der Waals surface area contributed by atoms with Crippen LogP contribution >= 0.6 is 12.4 Å². The van der Waals surface area contributed by atoms with Crippen LogP contribution in [0.1, 0.15) is 37.7 Å². The van der Waals surface area contributed by atoms with E-state index in [1.54, 1.807) is 24.3 Å². The van der Waals surface area contributed by atoms with Crippen molar-refractivity contribution in [2.45, 2.75) is 44.6 Å². The number of carbonyl (C=O) groups excluding carboxylic acids is 2. The monoisotopic (exact) mass is 325 g/mol. The van der Waals surface area contributed by atoms with Gasteiger partial charge < -0.3 is 16.8 Å². The molecule has 2 unspecified atom stereocenters. The predicted octanol–water partition coefficient (Wildman–Crippen LogP) is 1.98. The minimum absolute atomic E-state index is 0. The van der Waals surface area contributed by atoms with Crippen molar-refractivity contribution in [3.8, 4) is 0 Å². The maximum absolute atomic E-state index is 12.0. The fourth-order valence-electron chi connectivity index (χ4n) is 2.85. The van der Waals surface area contributed by atoms with Crippen molar-refractivity contribution in [2.75, 3.05) is 5.32 Å². The van der Waals surface area contributed by atoms with Gasteiger partial charge in [-0.1, -0.05) is 25.0 Å². The lowest BCUT2D eigenvalue weighted by atomic mass is 9.83. The molecule has 1 aromatic carbocycles. The molecule has 122 valence electrons. The molecule has 1 aliphatic rings. The second-order valence-electron chi connectivity index (χ2n) is 5.80. The van der Waals surface area contributed by atoms with Crippen LogP contribution in [-0.2, 0) is 16.0 Å². The molecule has 0 bridgehead atoms. The van der Waals surface area contributed by atoms with Gasteiger partial charge in [-0.3, -0.25) is 9.59 Å². The minimum Gasteiger partial charge on any atom is -0.369 e. The molecule has 1 aliphatic carbocycles. The summed E-state index contributed by atoms with van der Waals surface area (Å²) in [5.74, 6) is -0.0778. The predicted molar refractivity (Wildman–Crippen MR) is 89.8 cm³/mol. The molecule has 1 fully saturated rings. The largest absolute Gasteiger partial charge is 0.369 e. The molecule has 0 radical (unpaired) electrons. The number of hydrogen-bond donors (Lipinski definition) is 3. The van der Waals surface area contributed by atoms with Crippen molar-refractivity contribution >= 4 is 29.9 Å². The maximum atomic E-state index is 12.0. The van der Waals surface area contributed by atoms with Gasteiger partial charge in [0.25, 0.3) is 0 Å². The molecule has 5 N–H and O–H groups in total. The van der Waals surface area contributed by atoms with E-state index in [0.29, 0.717) is 6.42 Å². The minimum atomic E-state index is -0.363. The maximum Gasteiger partial charge on any atom is 0.224 e. The van der Waals surface area contributed by atoms with Crippen molar-refractivity contribution in [2.24, 2.45) is 17.4 Å². The molecule has 2 amide bonds. The molecule has 1 saturated carbocycles. The fourth-order valence-corrected chi connectivity index (χ4v) is 2.85. The Labute approximate surface area is 137 Å². The third-order valence-electron chi connectivity index (χ3n) is 4.03. The zero-order chi connectivity index (χ0) is 15.2. The summed E-state index contributed by atoms with van der Waals surface area (Å²) < 4.78 is 0. The van der Waals surface area contributed by atoms with E-state index in [9.17, 15) is 9.59 Å². The van der Waals surface area contributed by atoms with Crippen molar-refractivity contribution in [3.63, 3.8) is 0 Å². The third kappa shape index (κ3) is 5.66. The van der Waals surface area contributed by atoms with Gasteiger partial charge in [0, 0.05) is 18.2 Å². The summed E-state index contributed by atoms with van der Waals surface area (Å²) in [4.78, 5) is 22.9. The summed E-state index contributed by atoms with van der Waals surface area (Å²) in [6.07, 6.45) is 5.06. The van der Waals surface area contributed by atoms with E-state index < -0.39 is 0 Å². The summed E-state index contributed by atoms with van der Waals surface area (Å²) in [5, 5.41) is 2.88. The first-order chi connectivity index (χ1) is 10.0. The van der Waals surface area contributed by atoms with E-state index in [-0.39, 0.29) is 42.6 Å². The third-order valence-corrected chi connectivity index (χ3v) is 4.03. The molecular weight excluding hydrogens is 302 g/mol. The van der Waals surface area contributed by atoms with Gasteiger partial charge in [0.15, 0.2) is 0 Å². The normalized spacial score (nSPS) is 20.8. The number of primary amides is 1. The van der Waals surface area contributed by atoms with Crippen LogP contribution in [0.5, 0.6) is 0 Å². The van der Waals surface area contributed by atoms with Crippen LogP contribution in [0.25, 0.3) is 0 Å². The second-order valence-corrected chi connectivity index (χ2v) is 5.80. The summed E-state index contributed by atoms with van der Waals surface area (Å²) in [5.41, 5.74) is 12.8.